The zero-order chi connectivity index (χ0) is 10.3. The Hall–Kier alpha value is -0.580. The third-order valence-corrected chi connectivity index (χ3v) is 2.80. The van der Waals surface area contributed by atoms with Gasteiger partial charge in [0.25, 0.3) is 0 Å². The lowest BCUT2D eigenvalue weighted by Crippen LogP contribution is -2.36. The molecular formula is C9H12ClNO3. The third kappa shape index (κ3) is 1.26. The average Bonchev–Trinajstić information content (AvgIpc) is 2.61. The summed E-state index contributed by atoms with van der Waals surface area (Å²) in [6.45, 7) is 1.02. The maximum Gasteiger partial charge on any atom is 0.219 e. The van der Waals surface area contributed by atoms with Crippen LogP contribution >= 0.6 is 11.6 Å². The van der Waals surface area contributed by atoms with Gasteiger partial charge < -0.3 is 14.4 Å². The minimum Gasteiger partial charge on any atom is -0.375 e. The minimum absolute atomic E-state index is 0.114. The van der Waals surface area contributed by atoms with Crippen LogP contribution in [0.1, 0.15) is 6.42 Å². The molecule has 0 N–H and O–H groups in total. The molecule has 78 valence electrons. The van der Waals surface area contributed by atoms with Crippen molar-refractivity contribution in [2.45, 2.75) is 12.2 Å². The maximum atomic E-state index is 11.5. The smallest absolute Gasteiger partial charge is 0.219 e. The van der Waals surface area contributed by atoms with Crippen molar-refractivity contribution in [3.05, 3.63) is 10.7 Å². The first-order chi connectivity index (χ1) is 6.57. The number of ether oxygens (including phenoxy) is 2. The molecule has 2 rings (SSSR count). The van der Waals surface area contributed by atoms with Gasteiger partial charge in [-0.2, -0.15) is 0 Å². The molecule has 1 fully saturated rings. The zero-order valence-electron chi connectivity index (χ0n) is 8.17. The van der Waals surface area contributed by atoms with Gasteiger partial charge in [-0.1, -0.05) is 11.6 Å². The molecule has 5 heteroatoms. The van der Waals surface area contributed by atoms with Gasteiger partial charge in [0, 0.05) is 14.1 Å². The van der Waals surface area contributed by atoms with E-state index in [0.717, 1.165) is 0 Å². The number of ketones is 1. The van der Waals surface area contributed by atoms with E-state index in [2.05, 4.69) is 0 Å². The molecule has 0 atom stereocenters. The van der Waals surface area contributed by atoms with Crippen molar-refractivity contribution in [1.29, 1.82) is 0 Å². The number of rotatable bonds is 1. The molecule has 0 aromatic carbocycles. The SMILES string of the molecule is CN(C)C1=C(Cl)C(=O)CC12OCCO2. The van der Waals surface area contributed by atoms with E-state index in [1.165, 1.54) is 0 Å². The van der Waals surface area contributed by atoms with Crippen LogP contribution < -0.4 is 0 Å². The maximum absolute atomic E-state index is 11.5. The second-order valence-electron chi connectivity index (χ2n) is 3.61. The van der Waals surface area contributed by atoms with Gasteiger partial charge in [0.05, 0.1) is 25.3 Å². The van der Waals surface area contributed by atoms with E-state index in [-0.39, 0.29) is 17.2 Å². The van der Waals surface area contributed by atoms with Gasteiger partial charge in [-0.15, -0.1) is 0 Å². The van der Waals surface area contributed by atoms with Crippen molar-refractivity contribution >= 4 is 17.4 Å². The fraction of sp³-hybridized carbons (Fsp3) is 0.667. The number of allylic oxidation sites excluding steroid dienone is 1. The summed E-state index contributed by atoms with van der Waals surface area (Å²) in [6.07, 6.45) is 0.194. The molecule has 2 aliphatic rings. The quantitative estimate of drug-likeness (QED) is 0.649. The average molecular weight is 218 g/mol. The zero-order valence-corrected chi connectivity index (χ0v) is 8.93. The van der Waals surface area contributed by atoms with Crippen molar-refractivity contribution in [1.82, 2.24) is 4.90 Å². The van der Waals surface area contributed by atoms with Crippen LogP contribution in [0.15, 0.2) is 10.7 Å². The van der Waals surface area contributed by atoms with Crippen LogP contribution in [0.2, 0.25) is 0 Å². The minimum atomic E-state index is -0.905. The number of hydrogen-bond acceptors (Lipinski definition) is 4. The molecule has 0 unspecified atom stereocenters. The Balaban J connectivity index is 2.41. The summed E-state index contributed by atoms with van der Waals surface area (Å²) in [7, 11) is 3.65. The molecular weight excluding hydrogens is 206 g/mol. The van der Waals surface area contributed by atoms with Crippen molar-refractivity contribution < 1.29 is 14.3 Å². The number of Topliss-reactive ketones (excluding diaryl/α,β-unsaturated/α-hetero) is 1. The van der Waals surface area contributed by atoms with Gasteiger partial charge in [-0.3, -0.25) is 4.79 Å². The topological polar surface area (TPSA) is 38.8 Å². The summed E-state index contributed by atoms with van der Waals surface area (Å²) in [6, 6.07) is 0. The van der Waals surface area contributed by atoms with Crippen molar-refractivity contribution in [2.75, 3.05) is 27.3 Å². The van der Waals surface area contributed by atoms with Crippen LogP contribution in [-0.4, -0.2) is 43.8 Å². The lowest BCUT2D eigenvalue weighted by atomic mass is 10.2. The van der Waals surface area contributed by atoms with E-state index < -0.39 is 5.79 Å². The molecule has 4 nitrogen and oxygen atoms in total. The molecule has 0 saturated carbocycles. The molecule has 1 aliphatic heterocycles. The van der Waals surface area contributed by atoms with Crippen LogP contribution in [0.25, 0.3) is 0 Å². The molecule has 1 heterocycles. The van der Waals surface area contributed by atoms with E-state index in [4.69, 9.17) is 21.1 Å². The highest BCUT2D eigenvalue weighted by Crippen LogP contribution is 2.42. The second-order valence-corrected chi connectivity index (χ2v) is 3.98. The predicted molar refractivity (Wildman–Crippen MR) is 50.8 cm³/mol. The van der Waals surface area contributed by atoms with Gasteiger partial charge in [-0.25, -0.2) is 0 Å². The van der Waals surface area contributed by atoms with Gasteiger partial charge in [-0.05, 0) is 0 Å². The number of likely N-dealkylation sites (N-methyl/N-ethyl adjacent to an activating group) is 1. The van der Waals surface area contributed by atoms with E-state index >= 15 is 0 Å². The lowest BCUT2D eigenvalue weighted by molar-refractivity contribution is -0.145. The number of hydrogen-bond donors (Lipinski definition) is 0. The van der Waals surface area contributed by atoms with Crippen molar-refractivity contribution in [2.24, 2.45) is 0 Å². The van der Waals surface area contributed by atoms with Crippen LogP contribution in [-0.2, 0) is 14.3 Å². The van der Waals surface area contributed by atoms with Crippen LogP contribution in [0.3, 0.4) is 0 Å². The summed E-state index contributed by atoms with van der Waals surface area (Å²) in [5, 5.41) is 0.233. The summed E-state index contributed by atoms with van der Waals surface area (Å²) in [5.74, 6) is -1.02. The monoisotopic (exact) mass is 217 g/mol. The highest BCUT2D eigenvalue weighted by atomic mass is 35.5. The predicted octanol–water partition coefficient (Wildman–Crippen LogP) is 0.714. The van der Waals surface area contributed by atoms with Crippen molar-refractivity contribution in [3.63, 3.8) is 0 Å². The molecule has 0 bridgehead atoms. The van der Waals surface area contributed by atoms with Crippen molar-refractivity contribution in [3.8, 4) is 0 Å². The summed E-state index contributed by atoms with van der Waals surface area (Å²) >= 11 is 5.92. The largest absolute Gasteiger partial charge is 0.375 e. The molecule has 0 aromatic heterocycles. The van der Waals surface area contributed by atoms with Gasteiger partial charge in [0.2, 0.25) is 5.79 Å². The fourth-order valence-corrected chi connectivity index (χ4v) is 2.28. The molecule has 0 amide bonds. The number of nitrogens with zero attached hydrogens (tertiary/aromatic N) is 1. The molecule has 14 heavy (non-hydrogen) atoms. The fourth-order valence-electron chi connectivity index (χ4n) is 1.90. The Bertz CT molecular complexity index is 305. The van der Waals surface area contributed by atoms with Gasteiger partial charge >= 0.3 is 0 Å². The van der Waals surface area contributed by atoms with Gasteiger partial charge in [0.1, 0.15) is 5.03 Å². The number of carbonyl (C=O) groups is 1. The second kappa shape index (κ2) is 3.22. The molecule has 0 aromatic rings. The van der Waals surface area contributed by atoms with Crippen LogP contribution in [0.5, 0.6) is 0 Å². The Morgan fingerprint density at radius 1 is 1.36 bits per heavy atom. The first-order valence-corrected chi connectivity index (χ1v) is 4.83. The van der Waals surface area contributed by atoms with E-state index in [1.54, 1.807) is 4.90 Å². The molecule has 1 aliphatic carbocycles. The van der Waals surface area contributed by atoms with E-state index in [9.17, 15) is 4.79 Å². The third-order valence-electron chi connectivity index (χ3n) is 2.41. The van der Waals surface area contributed by atoms with Crippen LogP contribution in [0, 0.1) is 0 Å². The summed E-state index contributed by atoms with van der Waals surface area (Å²) in [5.41, 5.74) is 0.640. The number of halogens is 1. The Labute approximate surface area is 87.4 Å². The van der Waals surface area contributed by atoms with E-state index in [0.29, 0.717) is 18.9 Å². The standard InChI is InChI=1S/C9H12ClNO3/c1-11(2)8-7(10)6(12)5-9(8)13-3-4-14-9/h3-5H2,1-2H3. The first kappa shape index (κ1) is 9.96. The number of carbonyl (C=O) groups excluding carboxylic acids is 1. The van der Waals surface area contributed by atoms with Crippen LogP contribution in [0.4, 0.5) is 0 Å². The normalized spacial score (nSPS) is 25.2. The molecule has 1 spiro atoms. The Kier molecular flexibility index (Phi) is 2.29. The molecule has 0 radical (unpaired) electrons. The Morgan fingerprint density at radius 2 is 1.93 bits per heavy atom. The summed E-state index contributed by atoms with van der Waals surface area (Å²) in [4.78, 5) is 13.2. The Morgan fingerprint density at radius 3 is 2.43 bits per heavy atom. The molecule has 1 saturated heterocycles. The first-order valence-electron chi connectivity index (χ1n) is 4.45. The highest BCUT2D eigenvalue weighted by molar-refractivity contribution is 6.44. The van der Waals surface area contributed by atoms with E-state index in [1.807, 2.05) is 14.1 Å². The summed E-state index contributed by atoms with van der Waals surface area (Å²) < 4.78 is 11.0. The van der Waals surface area contributed by atoms with Gasteiger partial charge in [0.15, 0.2) is 5.78 Å². The lowest BCUT2D eigenvalue weighted by Gasteiger charge is -2.29. The highest BCUT2D eigenvalue weighted by Gasteiger charge is 2.51.